The van der Waals surface area contributed by atoms with Crippen molar-refractivity contribution < 1.29 is 19.0 Å². The average Bonchev–Trinajstić information content (AvgIpc) is 3.19. The van der Waals surface area contributed by atoms with Gasteiger partial charge in [-0.25, -0.2) is 14.4 Å². The first-order valence-electron chi connectivity index (χ1n) is 8.63. The highest BCUT2D eigenvalue weighted by molar-refractivity contribution is 5.90. The summed E-state index contributed by atoms with van der Waals surface area (Å²) in [5, 5.41) is 10.6. The number of ether oxygens (including phenoxy) is 1. The minimum Gasteiger partial charge on any atom is -0.388 e. The highest BCUT2D eigenvalue weighted by atomic mass is 19.1. The number of aliphatic hydroxyl groups excluding tert-OH is 1. The number of nitrogens with zero attached hydrogens (tertiary/aromatic N) is 3. The number of likely N-dealkylation sites (tertiary alicyclic amines) is 1. The van der Waals surface area contributed by atoms with Gasteiger partial charge in [-0.15, -0.1) is 0 Å². The fourth-order valence-electron chi connectivity index (χ4n) is 3.83. The molecule has 3 heterocycles. The van der Waals surface area contributed by atoms with Gasteiger partial charge in [0.15, 0.2) is 0 Å². The van der Waals surface area contributed by atoms with Crippen molar-refractivity contribution in [3.63, 3.8) is 0 Å². The van der Waals surface area contributed by atoms with Gasteiger partial charge >= 0.3 is 0 Å². The Balaban J connectivity index is 1.51. The van der Waals surface area contributed by atoms with E-state index < -0.39 is 11.7 Å². The number of halogens is 1. The van der Waals surface area contributed by atoms with E-state index in [4.69, 9.17) is 4.74 Å². The van der Waals surface area contributed by atoms with Crippen molar-refractivity contribution in [2.75, 3.05) is 19.7 Å². The zero-order valence-electron chi connectivity index (χ0n) is 14.4. The van der Waals surface area contributed by atoms with E-state index in [9.17, 15) is 14.3 Å². The van der Waals surface area contributed by atoms with Gasteiger partial charge in [0.2, 0.25) is 5.82 Å². The number of benzene rings is 1. The number of β-amino-alcohol motifs (C(OH)–C–C–N with tert-alkyl or cyclic N) is 1. The lowest BCUT2D eigenvalue weighted by atomic mass is 9.87. The SMILES string of the molecule is Cc1ccnc(C(=O)N2C[C@@H](O)[C@@]3(C[C@@H](c4cccc(F)c4)CO3)C2)n1. The van der Waals surface area contributed by atoms with Gasteiger partial charge in [0, 0.05) is 17.8 Å². The Morgan fingerprint density at radius 3 is 3.04 bits per heavy atom. The van der Waals surface area contributed by atoms with Crippen molar-refractivity contribution in [1.29, 1.82) is 0 Å². The van der Waals surface area contributed by atoms with Gasteiger partial charge in [0.1, 0.15) is 17.5 Å². The summed E-state index contributed by atoms with van der Waals surface area (Å²) in [6.07, 6.45) is 1.29. The fraction of sp³-hybridized carbons (Fsp3) is 0.421. The van der Waals surface area contributed by atoms with Crippen molar-refractivity contribution in [2.45, 2.75) is 31.0 Å². The second-order valence-corrected chi connectivity index (χ2v) is 7.05. The molecule has 3 atom stereocenters. The minimum absolute atomic E-state index is 0.00868. The maximum Gasteiger partial charge on any atom is 0.291 e. The predicted octanol–water partition coefficient (Wildman–Crippen LogP) is 1.68. The van der Waals surface area contributed by atoms with Gasteiger partial charge < -0.3 is 14.7 Å². The third-order valence-electron chi connectivity index (χ3n) is 5.22. The van der Waals surface area contributed by atoms with E-state index in [1.807, 2.05) is 6.07 Å². The van der Waals surface area contributed by atoms with Gasteiger partial charge in [-0.1, -0.05) is 12.1 Å². The zero-order valence-corrected chi connectivity index (χ0v) is 14.4. The molecule has 2 saturated heterocycles. The summed E-state index contributed by atoms with van der Waals surface area (Å²) in [6.45, 7) is 2.63. The minimum atomic E-state index is -0.823. The van der Waals surface area contributed by atoms with Crippen LogP contribution in [0.5, 0.6) is 0 Å². The van der Waals surface area contributed by atoms with E-state index in [0.717, 1.165) is 5.56 Å². The Labute approximate surface area is 150 Å². The summed E-state index contributed by atoms with van der Waals surface area (Å²) in [7, 11) is 0. The van der Waals surface area contributed by atoms with Crippen LogP contribution in [0.3, 0.4) is 0 Å². The molecule has 136 valence electrons. The third kappa shape index (κ3) is 2.97. The molecule has 4 rings (SSSR count). The van der Waals surface area contributed by atoms with E-state index in [1.165, 1.54) is 17.0 Å². The average molecular weight is 357 g/mol. The molecule has 1 amide bonds. The fourth-order valence-corrected chi connectivity index (χ4v) is 3.83. The second kappa shape index (κ2) is 6.41. The molecule has 2 aliphatic rings. The van der Waals surface area contributed by atoms with Crippen LogP contribution >= 0.6 is 0 Å². The molecule has 0 aliphatic carbocycles. The molecule has 0 unspecified atom stereocenters. The Hall–Kier alpha value is -2.38. The molecule has 7 heteroatoms. The van der Waals surface area contributed by atoms with Gasteiger partial charge in [0.05, 0.1) is 19.7 Å². The van der Waals surface area contributed by atoms with E-state index in [-0.39, 0.29) is 36.6 Å². The number of aryl methyl sites for hydroxylation is 1. The smallest absolute Gasteiger partial charge is 0.291 e. The predicted molar refractivity (Wildman–Crippen MR) is 91.1 cm³/mol. The lowest BCUT2D eigenvalue weighted by molar-refractivity contribution is -0.0591. The van der Waals surface area contributed by atoms with Crippen LogP contribution in [0.15, 0.2) is 36.5 Å². The van der Waals surface area contributed by atoms with Crippen LogP contribution in [-0.2, 0) is 4.74 Å². The lowest BCUT2D eigenvalue weighted by Crippen LogP contribution is -2.41. The molecular formula is C19H20FN3O3. The second-order valence-electron chi connectivity index (χ2n) is 7.05. The van der Waals surface area contributed by atoms with Crippen LogP contribution in [0.4, 0.5) is 4.39 Å². The molecule has 6 nitrogen and oxygen atoms in total. The molecule has 1 aromatic carbocycles. The molecule has 2 aliphatic heterocycles. The number of aliphatic hydroxyl groups is 1. The highest BCUT2D eigenvalue weighted by Gasteiger charge is 2.53. The van der Waals surface area contributed by atoms with Crippen LogP contribution in [0.25, 0.3) is 0 Å². The summed E-state index contributed by atoms with van der Waals surface area (Å²) in [5.41, 5.74) is 0.734. The van der Waals surface area contributed by atoms with Crippen LogP contribution in [0.1, 0.15) is 34.2 Å². The maximum absolute atomic E-state index is 13.5. The molecule has 1 aromatic heterocycles. The normalized spacial score (nSPS) is 28.0. The Morgan fingerprint density at radius 1 is 1.42 bits per heavy atom. The number of amides is 1. The number of hydrogen-bond acceptors (Lipinski definition) is 5. The highest BCUT2D eigenvalue weighted by Crippen LogP contribution is 2.42. The molecular weight excluding hydrogens is 337 g/mol. The molecule has 0 saturated carbocycles. The van der Waals surface area contributed by atoms with E-state index in [0.29, 0.717) is 18.7 Å². The van der Waals surface area contributed by atoms with Crippen molar-refractivity contribution in [1.82, 2.24) is 14.9 Å². The quantitative estimate of drug-likeness (QED) is 0.885. The number of carbonyl (C=O) groups is 1. The van der Waals surface area contributed by atoms with Crippen LogP contribution < -0.4 is 0 Å². The number of aromatic nitrogens is 2. The molecule has 26 heavy (non-hydrogen) atoms. The summed E-state index contributed by atoms with van der Waals surface area (Å²) >= 11 is 0. The van der Waals surface area contributed by atoms with E-state index >= 15 is 0 Å². The Kier molecular flexibility index (Phi) is 4.20. The van der Waals surface area contributed by atoms with Crippen molar-refractivity contribution in [3.05, 3.63) is 59.4 Å². The Morgan fingerprint density at radius 2 is 2.27 bits per heavy atom. The lowest BCUT2D eigenvalue weighted by Gasteiger charge is -2.25. The summed E-state index contributed by atoms with van der Waals surface area (Å²) in [6, 6.07) is 8.16. The van der Waals surface area contributed by atoms with Crippen molar-refractivity contribution in [2.24, 2.45) is 0 Å². The monoisotopic (exact) mass is 357 g/mol. The summed E-state index contributed by atoms with van der Waals surface area (Å²) in [4.78, 5) is 22.4. The first-order chi connectivity index (χ1) is 12.5. The number of hydrogen-bond donors (Lipinski definition) is 1. The Bertz CT molecular complexity index is 846. The van der Waals surface area contributed by atoms with Gasteiger partial charge in [-0.05, 0) is 37.1 Å². The number of rotatable bonds is 2. The summed E-state index contributed by atoms with van der Waals surface area (Å²) in [5.74, 6) is -0.495. The molecule has 0 bridgehead atoms. The zero-order chi connectivity index (χ0) is 18.3. The molecule has 2 fully saturated rings. The van der Waals surface area contributed by atoms with Gasteiger partial charge in [-0.2, -0.15) is 0 Å². The van der Waals surface area contributed by atoms with Gasteiger partial charge in [0.25, 0.3) is 5.91 Å². The topological polar surface area (TPSA) is 75.6 Å². The van der Waals surface area contributed by atoms with Crippen LogP contribution in [0, 0.1) is 12.7 Å². The largest absolute Gasteiger partial charge is 0.388 e. The molecule has 1 spiro atoms. The molecule has 1 N–H and O–H groups in total. The van der Waals surface area contributed by atoms with Crippen molar-refractivity contribution in [3.8, 4) is 0 Å². The first kappa shape index (κ1) is 17.1. The number of carbonyl (C=O) groups excluding carboxylic acids is 1. The summed E-state index contributed by atoms with van der Waals surface area (Å²) < 4.78 is 19.5. The van der Waals surface area contributed by atoms with Gasteiger partial charge in [-0.3, -0.25) is 4.79 Å². The van der Waals surface area contributed by atoms with Crippen LogP contribution in [-0.4, -0.2) is 57.3 Å². The van der Waals surface area contributed by atoms with Crippen LogP contribution in [0.2, 0.25) is 0 Å². The molecule has 2 aromatic rings. The standard InChI is InChI=1S/C19H20FN3O3/c1-12-5-6-21-17(22-12)18(25)23-9-16(24)19(11-23)8-14(10-26-19)13-3-2-4-15(20)7-13/h2-7,14,16,24H,8-11H2,1H3/t14-,16-,19-/m1/s1. The van der Waals surface area contributed by atoms with E-state index in [2.05, 4.69) is 9.97 Å². The molecule has 0 radical (unpaired) electrons. The van der Waals surface area contributed by atoms with Crippen molar-refractivity contribution >= 4 is 5.91 Å². The maximum atomic E-state index is 13.5. The first-order valence-corrected chi connectivity index (χ1v) is 8.63. The van der Waals surface area contributed by atoms with E-state index in [1.54, 1.807) is 25.3 Å². The third-order valence-corrected chi connectivity index (χ3v) is 5.22.